The van der Waals surface area contributed by atoms with Crippen LogP contribution in [-0.4, -0.2) is 57.7 Å². The van der Waals surface area contributed by atoms with Gasteiger partial charge in [0.2, 0.25) is 12.1 Å². The molecular weight excluding hydrogens is 297 g/mol. The quantitative estimate of drug-likeness (QED) is 0.550. The summed E-state index contributed by atoms with van der Waals surface area (Å²) < 4.78 is 49.5. The predicted molar refractivity (Wildman–Crippen MR) is 60.7 cm³/mol. The zero-order valence-electron chi connectivity index (χ0n) is 10.5. The number of ether oxygens (including phenoxy) is 2. The van der Waals surface area contributed by atoms with Crippen LogP contribution in [0.15, 0.2) is 12.1 Å². The summed E-state index contributed by atoms with van der Waals surface area (Å²) in [4.78, 5) is 0. The lowest BCUT2D eigenvalue weighted by atomic mass is 9.99. The summed E-state index contributed by atoms with van der Waals surface area (Å²) in [6, 6.07) is 1.16. The van der Waals surface area contributed by atoms with Crippen molar-refractivity contribution in [2.75, 3.05) is 6.61 Å². The topological polar surface area (TPSA) is 99.4 Å². The molecule has 0 spiro atoms. The van der Waals surface area contributed by atoms with Crippen molar-refractivity contribution in [3.8, 4) is 5.75 Å². The Bertz CT molecular complexity index is 512. The van der Waals surface area contributed by atoms with Crippen LogP contribution in [0.3, 0.4) is 0 Å². The van der Waals surface area contributed by atoms with E-state index in [0.29, 0.717) is 12.1 Å². The van der Waals surface area contributed by atoms with Crippen molar-refractivity contribution >= 4 is 0 Å². The lowest BCUT2D eigenvalue weighted by Gasteiger charge is -2.39. The molecule has 5 atom stereocenters. The molecule has 0 radical (unpaired) electrons. The molecule has 0 unspecified atom stereocenters. The van der Waals surface area contributed by atoms with Gasteiger partial charge in [-0.3, -0.25) is 0 Å². The Morgan fingerprint density at radius 1 is 1.00 bits per heavy atom. The van der Waals surface area contributed by atoms with Gasteiger partial charge in [-0.25, -0.2) is 8.78 Å². The van der Waals surface area contributed by atoms with Gasteiger partial charge >= 0.3 is 0 Å². The van der Waals surface area contributed by atoms with Crippen molar-refractivity contribution in [2.45, 2.75) is 30.7 Å². The number of rotatable bonds is 3. The van der Waals surface area contributed by atoms with Crippen LogP contribution in [0, 0.1) is 17.5 Å². The van der Waals surface area contributed by atoms with Gasteiger partial charge in [0.05, 0.1) is 6.61 Å². The number of hydrogen-bond donors (Lipinski definition) is 4. The molecule has 6 nitrogen and oxygen atoms in total. The normalized spacial score (nSPS) is 33.0. The maximum absolute atomic E-state index is 13.5. The average Bonchev–Trinajstić information content (AvgIpc) is 2.47. The van der Waals surface area contributed by atoms with E-state index in [1.54, 1.807) is 0 Å². The Kier molecular flexibility index (Phi) is 4.69. The van der Waals surface area contributed by atoms with E-state index in [9.17, 15) is 28.5 Å². The van der Waals surface area contributed by atoms with Crippen molar-refractivity contribution in [1.29, 1.82) is 0 Å². The third-order valence-corrected chi connectivity index (χ3v) is 3.08. The summed E-state index contributed by atoms with van der Waals surface area (Å²) in [5.74, 6) is -5.40. The second-order valence-electron chi connectivity index (χ2n) is 4.49. The largest absolute Gasteiger partial charge is 0.456 e. The lowest BCUT2D eigenvalue weighted by Crippen LogP contribution is -2.60. The molecule has 1 aromatic rings. The highest BCUT2D eigenvalue weighted by atomic mass is 19.2. The molecule has 1 heterocycles. The Morgan fingerprint density at radius 2 is 1.62 bits per heavy atom. The summed E-state index contributed by atoms with van der Waals surface area (Å²) in [5.41, 5.74) is 0. The van der Waals surface area contributed by atoms with E-state index in [4.69, 9.17) is 14.6 Å². The van der Waals surface area contributed by atoms with E-state index in [-0.39, 0.29) is 0 Å². The first kappa shape index (κ1) is 16.0. The van der Waals surface area contributed by atoms with Gasteiger partial charge < -0.3 is 29.9 Å². The maximum Gasteiger partial charge on any atom is 0.229 e. The van der Waals surface area contributed by atoms with Gasteiger partial charge in [0.1, 0.15) is 24.4 Å². The zero-order valence-corrected chi connectivity index (χ0v) is 10.5. The van der Waals surface area contributed by atoms with Gasteiger partial charge in [-0.2, -0.15) is 4.39 Å². The molecular formula is C12H13F3O6. The molecule has 2 rings (SSSR count). The summed E-state index contributed by atoms with van der Waals surface area (Å²) in [6.07, 6.45) is -8.39. The van der Waals surface area contributed by atoms with Crippen LogP contribution in [0.4, 0.5) is 13.2 Å². The number of benzene rings is 1. The van der Waals surface area contributed by atoms with E-state index >= 15 is 0 Å². The van der Waals surface area contributed by atoms with Crippen LogP contribution in [0.25, 0.3) is 0 Å². The number of aliphatic hydroxyl groups excluding tert-OH is 4. The average molecular weight is 310 g/mol. The van der Waals surface area contributed by atoms with Gasteiger partial charge in [0.15, 0.2) is 17.4 Å². The van der Waals surface area contributed by atoms with Gasteiger partial charge in [0, 0.05) is 0 Å². The lowest BCUT2D eigenvalue weighted by molar-refractivity contribution is -0.278. The second kappa shape index (κ2) is 6.16. The van der Waals surface area contributed by atoms with Gasteiger partial charge in [-0.05, 0) is 12.1 Å². The molecule has 0 aromatic heterocycles. The first-order chi connectivity index (χ1) is 9.86. The summed E-state index contributed by atoms with van der Waals surface area (Å²) >= 11 is 0. The molecule has 0 aliphatic carbocycles. The minimum absolute atomic E-state index is 0.546. The zero-order chi connectivity index (χ0) is 15.7. The Hall–Kier alpha value is -1.39. The van der Waals surface area contributed by atoms with E-state index < -0.39 is 60.5 Å². The van der Waals surface area contributed by atoms with Crippen molar-refractivity contribution in [3.05, 3.63) is 29.6 Å². The fourth-order valence-electron chi connectivity index (χ4n) is 1.90. The molecule has 0 saturated carbocycles. The van der Waals surface area contributed by atoms with Crippen LogP contribution in [0.1, 0.15) is 0 Å². The molecule has 1 fully saturated rings. The molecule has 1 aliphatic heterocycles. The van der Waals surface area contributed by atoms with Gasteiger partial charge in [0.25, 0.3) is 0 Å². The summed E-state index contributed by atoms with van der Waals surface area (Å²) in [7, 11) is 0. The summed E-state index contributed by atoms with van der Waals surface area (Å²) in [6.45, 7) is -0.737. The summed E-state index contributed by atoms with van der Waals surface area (Å²) in [5, 5.41) is 37.7. The number of aliphatic hydroxyl groups is 4. The minimum Gasteiger partial charge on any atom is -0.456 e. The van der Waals surface area contributed by atoms with E-state index in [0.717, 1.165) is 0 Å². The standard InChI is InChI=1S/C12H13F3O6/c13-4-1-2-5(14)11(7(4)15)21-12-10(19)9(18)8(17)6(3-16)20-12/h1-2,6,8-10,12,16-19H,3H2/t6-,8-,9+,10-,12+/m1/s1. The fourth-order valence-corrected chi connectivity index (χ4v) is 1.90. The third kappa shape index (κ3) is 2.97. The Labute approximate surface area is 117 Å². The highest BCUT2D eigenvalue weighted by molar-refractivity contribution is 5.27. The predicted octanol–water partition coefficient (Wildman–Crippen LogP) is -0.717. The van der Waals surface area contributed by atoms with Crippen LogP contribution in [0.2, 0.25) is 0 Å². The maximum atomic E-state index is 13.5. The molecule has 21 heavy (non-hydrogen) atoms. The molecule has 4 N–H and O–H groups in total. The van der Waals surface area contributed by atoms with Crippen LogP contribution in [-0.2, 0) is 4.74 Å². The molecule has 9 heteroatoms. The van der Waals surface area contributed by atoms with Crippen molar-refractivity contribution in [1.82, 2.24) is 0 Å². The van der Waals surface area contributed by atoms with E-state index in [1.807, 2.05) is 0 Å². The van der Waals surface area contributed by atoms with Crippen LogP contribution < -0.4 is 4.74 Å². The second-order valence-corrected chi connectivity index (χ2v) is 4.49. The number of hydrogen-bond acceptors (Lipinski definition) is 6. The van der Waals surface area contributed by atoms with Crippen LogP contribution >= 0.6 is 0 Å². The third-order valence-electron chi connectivity index (χ3n) is 3.08. The monoisotopic (exact) mass is 310 g/mol. The van der Waals surface area contributed by atoms with Crippen LogP contribution in [0.5, 0.6) is 5.75 Å². The number of halogens is 3. The first-order valence-electron chi connectivity index (χ1n) is 5.97. The van der Waals surface area contributed by atoms with Crippen molar-refractivity contribution < 1.29 is 43.1 Å². The van der Waals surface area contributed by atoms with Crippen molar-refractivity contribution in [2.24, 2.45) is 0 Å². The van der Waals surface area contributed by atoms with E-state index in [2.05, 4.69) is 0 Å². The molecule has 1 aromatic carbocycles. The Balaban J connectivity index is 2.24. The van der Waals surface area contributed by atoms with Gasteiger partial charge in [-0.1, -0.05) is 0 Å². The molecule has 0 amide bonds. The minimum atomic E-state index is -1.86. The molecule has 1 aliphatic rings. The molecule has 1 saturated heterocycles. The van der Waals surface area contributed by atoms with E-state index in [1.165, 1.54) is 0 Å². The molecule has 118 valence electrons. The van der Waals surface area contributed by atoms with Gasteiger partial charge in [-0.15, -0.1) is 0 Å². The van der Waals surface area contributed by atoms with Crippen molar-refractivity contribution in [3.63, 3.8) is 0 Å². The highest BCUT2D eigenvalue weighted by Gasteiger charge is 2.45. The smallest absolute Gasteiger partial charge is 0.229 e. The molecule has 0 bridgehead atoms. The fraction of sp³-hybridized carbons (Fsp3) is 0.500. The highest BCUT2D eigenvalue weighted by Crippen LogP contribution is 2.29. The SMILES string of the molecule is OC[C@H]1O[C@@H](Oc2c(F)ccc(F)c2F)[C@H](O)[C@@H](O)[C@@H]1O. The first-order valence-corrected chi connectivity index (χ1v) is 5.97. The Morgan fingerprint density at radius 3 is 2.24 bits per heavy atom.